The molecule has 0 amide bonds. The Morgan fingerprint density at radius 2 is 2.00 bits per heavy atom. The molecular formula is C12H15NS. The first-order valence-electron chi connectivity index (χ1n) is 5.13. The van der Waals surface area contributed by atoms with Gasteiger partial charge in [-0.15, -0.1) is 0 Å². The third-order valence-electron chi connectivity index (χ3n) is 2.66. The van der Waals surface area contributed by atoms with Gasteiger partial charge in [0, 0.05) is 18.7 Å². The Balaban J connectivity index is 2.17. The zero-order valence-electron chi connectivity index (χ0n) is 8.49. The fraction of sp³-hybridized carbons (Fsp3) is 0.417. The smallest absolute Gasteiger partial charge is 0.109 e. The van der Waals surface area contributed by atoms with E-state index in [2.05, 4.69) is 36.1 Å². The van der Waals surface area contributed by atoms with Crippen LogP contribution in [0, 0.1) is 6.92 Å². The van der Waals surface area contributed by atoms with E-state index >= 15 is 0 Å². The van der Waals surface area contributed by atoms with Gasteiger partial charge in [-0.3, -0.25) is 0 Å². The molecule has 0 aromatic heterocycles. The van der Waals surface area contributed by atoms with Crippen LogP contribution in [-0.2, 0) is 0 Å². The summed E-state index contributed by atoms with van der Waals surface area (Å²) in [4.78, 5) is 3.33. The largest absolute Gasteiger partial charge is 0.362 e. The molecule has 1 aromatic carbocycles. The van der Waals surface area contributed by atoms with Gasteiger partial charge in [0.15, 0.2) is 0 Å². The van der Waals surface area contributed by atoms with Crippen LogP contribution in [0.2, 0.25) is 0 Å². The van der Waals surface area contributed by atoms with Crippen LogP contribution >= 0.6 is 12.2 Å². The van der Waals surface area contributed by atoms with Crippen molar-refractivity contribution in [3.63, 3.8) is 0 Å². The maximum Gasteiger partial charge on any atom is 0.109 e. The highest BCUT2D eigenvalue weighted by atomic mass is 32.1. The van der Waals surface area contributed by atoms with Crippen molar-refractivity contribution in [3.8, 4) is 0 Å². The predicted molar refractivity (Wildman–Crippen MR) is 63.7 cm³/mol. The summed E-state index contributed by atoms with van der Waals surface area (Å²) in [6.45, 7) is 4.37. The molecule has 0 aliphatic carbocycles. The van der Waals surface area contributed by atoms with Gasteiger partial charge >= 0.3 is 0 Å². The van der Waals surface area contributed by atoms with Crippen LogP contribution in [-0.4, -0.2) is 23.0 Å². The van der Waals surface area contributed by atoms with E-state index in [0.717, 1.165) is 18.1 Å². The minimum Gasteiger partial charge on any atom is -0.362 e. The molecule has 1 aliphatic heterocycles. The summed E-state index contributed by atoms with van der Waals surface area (Å²) in [6, 6.07) is 8.46. The van der Waals surface area contributed by atoms with Crippen molar-refractivity contribution in [3.05, 3.63) is 35.4 Å². The van der Waals surface area contributed by atoms with Crippen molar-refractivity contribution >= 4 is 17.2 Å². The van der Waals surface area contributed by atoms with Crippen molar-refractivity contribution in [1.29, 1.82) is 0 Å². The summed E-state index contributed by atoms with van der Waals surface area (Å²) in [5, 5.41) is 0. The minimum absolute atomic E-state index is 1.02. The van der Waals surface area contributed by atoms with Crippen LogP contribution in [0.25, 0.3) is 0 Å². The Hall–Kier alpha value is -0.890. The van der Waals surface area contributed by atoms with E-state index in [-0.39, 0.29) is 0 Å². The molecular weight excluding hydrogens is 190 g/mol. The number of nitrogens with zero attached hydrogens (tertiary/aromatic N) is 1. The van der Waals surface area contributed by atoms with Crippen LogP contribution in [0.3, 0.4) is 0 Å². The first-order chi connectivity index (χ1) is 6.77. The van der Waals surface area contributed by atoms with Crippen LogP contribution in [0.4, 0.5) is 0 Å². The zero-order chi connectivity index (χ0) is 9.97. The summed E-state index contributed by atoms with van der Waals surface area (Å²) in [6.07, 6.45) is 2.57. The van der Waals surface area contributed by atoms with E-state index in [1.54, 1.807) is 0 Å². The summed E-state index contributed by atoms with van der Waals surface area (Å²) in [7, 11) is 0. The monoisotopic (exact) mass is 205 g/mol. The molecule has 0 saturated carbocycles. The number of thiocarbonyl (C=S) groups is 1. The lowest BCUT2D eigenvalue weighted by molar-refractivity contribution is 0.530. The summed E-state index contributed by atoms with van der Waals surface area (Å²) in [5.74, 6) is 0. The second kappa shape index (κ2) is 4.09. The van der Waals surface area contributed by atoms with Crippen molar-refractivity contribution in [2.45, 2.75) is 19.8 Å². The molecule has 14 heavy (non-hydrogen) atoms. The number of rotatable bonds is 1. The van der Waals surface area contributed by atoms with Crippen molar-refractivity contribution in [2.75, 3.05) is 13.1 Å². The van der Waals surface area contributed by atoms with E-state index < -0.39 is 0 Å². The van der Waals surface area contributed by atoms with Crippen molar-refractivity contribution in [2.24, 2.45) is 0 Å². The standard InChI is InChI=1S/C12H15NS/c1-10-5-4-6-11(9-10)12(14)13-7-2-3-8-13/h4-6,9H,2-3,7-8H2,1H3. The fourth-order valence-electron chi connectivity index (χ4n) is 1.88. The minimum atomic E-state index is 1.02. The maximum absolute atomic E-state index is 5.47. The third-order valence-corrected chi connectivity index (χ3v) is 3.15. The van der Waals surface area contributed by atoms with Gasteiger partial charge in [-0.2, -0.15) is 0 Å². The molecule has 0 atom stereocenters. The highest BCUT2D eigenvalue weighted by Crippen LogP contribution is 2.14. The molecule has 74 valence electrons. The van der Waals surface area contributed by atoms with Gasteiger partial charge in [-0.25, -0.2) is 0 Å². The first kappa shape index (κ1) is 9.66. The van der Waals surface area contributed by atoms with E-state index in [1.807, 2.05) is 0 Å². The molecule has 0 radical (unpaired) electrons. The van der Waals surface area contributed by atoms with Crippen LogP contribution in [0.15, 0.2) is 24.3 Å². The number of likely N-dealkylation sites (tertiary alicyclic amines) is 1. The molecule has 1 nitrogen and oxygen atoms in total. The topological polar surface area (TPSA) is 3.24 Å². The van der Waals surface area contributed by atoms with Gasteiger partial charge in [0.05, 0.1) is 0 Å². The maximum atomic E-state index is 5.47. The Morgan fingerprint density at radius 1 is 1.29 bits per heavy atom. The Labute approximate surface area is 90.7 Å². The lowest BCUT2D eigenvalue weighted by Crippen LogP contribution is -2.26. The van der Waals surface area contributed by atoms with Gasteiger partial charge < -0.3 is 4.90 Å². The Kier molecular flexibility index (Phi) is 2.82. The van der Waals surface area contributed by atoms with Gasteiger partial charge in [0.25, 0.3) is 0 Å². The molecule has 1 fully saturated rings. The van der Waals surface area contributed by atoms with Crippen molar-refractivity contribution < 1.29 is 0 Å². The number of hydrogen-bond acceptors (Lipinski definition) is 1. The second-order valence-corrected chi connectivity index (χ2v) is 4.26. The molecule has 1 heterocycles. The molecule has 0 unspecified atom stereocenters. The highest BCUT2D eigenvalue weighted by Gasteiger charge is 2.15. The zero-order valence-corrected chi connectivity index (χ0v) is 9.31. The molecule has 0 spiro atoms. The van der Waals surface area contributed by atoms with Gasteiger partial charge in [0.1, 0.15) is 4.99 Å². The average Bonchev–Trinajstić information content (AvgIpc) is 2.69. The normalized spacial score (nSPS) is 15.9. The van der Waals surface area contributed by atoms with Crippen LogP contribution < -0.4 is 0 Å². The second-order valence-electron chi connectivity index (χ2n) is 3.87. The van der Waals surface area contributed by atoms with E-state index in [0.29, 0.717) is 0 Å². The molecule has 2 heteroatoms. The quantitative estimate of drug-likeness (QED) is 0.649. The molecule has 1 aliphatic rings. The molecule has 0 bridgehead atoms. The van der Waals surface area contributed by atoms with E-state index in [9.17, 15) is 0 Å². The molecule has 2 rings (SSSR count). The van der Waals surface area contributed by atoms with Crippen molar-refractivity contribution in [1.82, 2.24) is 4.90 Å². The number of hydrogen-bond donors (Lipinski definition) is 0. The SMILES string of the molecule is Cc1cccc(C(=S)N2CCCC2)c1. The van der Waals surface area contributed by atoms with Crippen LogP contribution in [0.1, 0.15) is 24.0 Å². The lowest BCUT2D eigenvalue weighted by Gasteiger charge is -2.18. The fourth-order valence-corrected chi connectivity index (χ4v) is 2.19. The first-order valence-corrected chi connectivity index (χ1v) is 5.54. The predicted octanol–water partition coefficient (Wildman–Crippen LogP) is 2.77. The van der Waals surface area contributed by atoms with Gasteiger partial charge in [-0.1, -0.05) is 36.0 Å². The summed E-state index contributed by atoms with van der Waals surface area (Å²) >= 11 is 5.47. The molecule has 0 N–H and O–H groups in total. The number of benzene rings is 1. The highest BCUT2D eigenvalue weighted by molar-refractivity contribution is 7.80. The average molecular weight is 205 g/mol. The van der Waals surface area contributed by atoms with E-state index in [1.165, 1.54) is 24.0 Å². The Morgan fingerprint density at radius 3 is 2.64 bits per heavy atom. The van der Waals surface area contributed by atoms with Gasteiger partial charge in [-0.05, 0) is 25.8 Å². The summed E-state index contributed by atoms with van der Waals surface area (Å²) in [5.41, 5.74) is 2.48. The Bertz CT molecular complexity index is 340. The van der Waals surface area contributed by atoms with E-state index in [4.69, 9.17) is 12.2 Å². The summed E-state index contributed by atoms with van der Waals surface area (Å²) < 4.78 is 0. The molecule has 1 saturated heterocycles. The van der Waals surface area contributed by atoms with Gasteiger partial charge in [0.2, 0.25) is 0 Å². The molecule has 1 aromatic rings. The third kappa shape index (κ3) is 1.95. The van der Waals surface area contributed by atoms with Crippen LogP contribution in [0.5, 0.6) is 0 Å². The number of aryl methyl sites for hydroxylation is 1. The lowest BCUT2D eigenvalue weighted by atomic mass is 10.1.